The van der Waals surface area contributed by atoms with Gasteiger partial charge in [-0.1, -0.05) is 20.3 Å². The number of carbonyl (C=O) groups is 2. The van der Waals surface area contributed by atoms with E-state index < -0.39 is 0 Å². The number of urea groups is 1. The maximum Gasteiger partial charge on any atom is 0.317 e. The van der Waals surface area contributed by atoms with Crippen LogP contribution in [0.4, 0.5) is 4.79 Å². The lowest BCUT2D eigenvalue weighted by Crippen LogP contribution is -2.51. The number of hydrogen-bond donors (Lipinski definition) is 2. The molecule has 6 heteroatoms. The molecule has 0 bridgehead atoms. The normalized spacial score (nSPS) is 27.0. The molecule has 2 atom stereocenters. The van der Waals surface area contributed by atoms with Crippen LogP contribution in [-0.4, -0.2) is 55.7 Å². The Hall–Kier alpha value is -1.30. The molecule has 0 aromatic rings. The molecule has 0 radical (unpaired) electrons. The Bertz CT molecular complexity index is 387. The largest absolute Gasteiger partial charge is 0.380 e. The molecule has 2 fully saturated rings. The lowest BCUT2D eigenvalue weighted by molar-refractivity contribution is -0.126. The number of fused-ring (bicyclic) bond motifs is 1. The summed E-state index contributed by atoms with van der Waals surface area (Å²) in [6, 6.07) is -0.0251. The van der Waals surface area contributed by atoms with Gasteiger partial charge in [0.2, 0.25) is 5.91 Å². The average Bonchev–Trinajstić information content (AvgIpc) is 2.95. The molecule has 1 heterocycles. The number of nitrogens with zero attached hydrogens (tertiary/aromatic N) is 1. The van der Waals surface area contributed by atoms with Gasteiger partial charge in [0.05, 0.1) is 12.5 Å². The van der Waals surface area contributed by atoms with Gasteiger partial charge in [0.15, 0.2) is 0 Å². The highest BCUT2D eigenvalue weighted by Gasteiger charge is 2.38. The van der Waals surface area contributed by atoms with Crippen LogP contribution in [0.2, 0.25) is 0 Å². The molecule has 0 aromatic heterocycles. The van der Waals surface area contributed by atoms with Gasteiger partial charge in [-0.15, -0.1) is 0 Å². The van der Waals surface area contributed by atoms with Crippen LogP contribution in [0.5, 0.6) is 0 Å². The number of hydrogen-bond acceptors (Lipinski definition) is 3. The van der Waals surface area contributed by atoms with Crippen molar-refractivity contribution in [1.29, 1.82) is 0 Å². The summed E-state index contributed by atoms with van der Waals surface area (Å²) in [6.07, 6.45) is 3.60. The monoisotopic (exact) mass is 311 g/mol. The first kappa shape index (κ1) is 17.1. The van der Waals surface area contributed by atoms with Crippen molar-refractivity contribution in [3.63, 3.8) is 0 Å². The number of nitrogens with one attached hydrogen (secondary N) is 2. The van der Waals surface area contributed by atoms with Crippen molar-refractivity contribution in [2.45, 2.75) is 45.6 Å². The molecular formula is C16H29N3O3. The van der Waals surface area contributed by atoms with Crippen molar-refractivity contribution in [1.82, 2.24) is 15.5 Å². The molecule has 0 aromatic carbocycles. The predicted molar refractivity (Wildman–Crippen MR) is 84.5 cm³/mol. The van der Waals surface area contributed by atoms with Crippen molar-refractivity contribution in [3.8, 4) is 0 Å². The van der Waals surface area contributed by atoms with E-state index in [1.54, 1.807) is 0 Å². The van der Waals surface area contributed by atoms with Gasteiger partial charge < -0.3 is 20.3 Å². The first-order chi connectivity index (χ1) is 10.6. The number of carbonyl (C=O) groups excluding carboxylic acids is 2. The molecule has 2 rings (SSSR count). The molecule has 2 aliphatic rings. The van der Waals surface area contributed by atoms with Crippen LogP contribution < -0.4 is 10.6 Å². The van der Waals surface area contributed by atoms with Gasteiger partial charge in [0.25, 0.3) is 0 Å². The summed E-state index contributed by atoms with van der Waals surface area (Å²) in [7, 11) is 0. The molecule has 6 nitrogen and oxygen atoms in total. The van der Waals surface area contributed by atoms with Crippen molar-refractivity contribution in [2.24, 2.45) is 11.8 Å². The lowest BCUT2D eigenvalue weighted by Gasteiger charge is -2.32. The predicted octanol–water partition coefficient (Wildman–Crippen LogP) is 1.36. The summed E-state index contributed by atoms with van der Waals surface area (Å²) in [5.74, 6) is 0.399. The second-order valence-corrected chi connectivity index (χ2v) is 6.63. The average molecular weight is 311 g/mol. The smallest absolute Gasteiger partial charge is 0.317 e. The second kappa shape index (κ2) is 8.36. The molecule has 1 saturated heterocycles. The van der Waals surface area contributed by atoms with E-state index in [2.05, 4.69) is 24.5 Å². The SMILES string of the molecule is CC(C)CNC(=O)N1CCCOCCNC(=O)[C@@H]2CCC[C@@H]21. The van der Waals surface area contributed by atoms with E-state index in [1.165, 1.54) is 0 Å². The van der Waals surface area contributed by atoms with E-state index in [0.29, 0.717) is 38.8 Å². The van der Waals surface area contributed by atoms with E-state index in [0.717, 1.165) is 25.7 Å². The first-order valence-electron chi connectivity index (χ1n) is 8.49. The van der Waals surface area contributed by atoms with E-state index in [9.17, 15) is 9.59 Å². The topological polar surface area (TPSA) is 70.7 Å². The highest BCUT2D eigenvalue weighted by atomic mass is 16.5. The number of rotatable bonds is 2. The third-order valence-electron chi connectivity index (χ3n) is 4.37. The molecule has 0 spiro atoms. The minimum absolute atomic E-state index is 0.0188. The standard InChI is InChI=1S/C16H29N3O3/c1-12(2)11-18-16(21)19-8-4-9-22-10-7-17-15(20)13-5-3-6-14(13)19/h12-14H,3-11H2,1-2H3,(H,17,20)(H,18,21)/t13-,14+/m1/s1. The summed E-state index contributed by atoms with van der Waals surface area (Å²) in [4.78, 5) is 26.7. The van der Waals surface area contributed by atoms with Crippen LogP contribution in [0.1, 0.15) is 39.5 Å². The van der Waals surface area contributed by atoms with Crippen LogP contribution in [0.15, 0.2) is 0 Å². The van der Waals surface area contributed by atoms with Gasteiger partial charge in [0, 0.05) is 32.3 Å². The molecule has 22 heavy (non-hydrogen) atoms. The Morgan fingerprint density at radius 1 is 1.36 bits per heavy atom. The van der Waals surface area contributed by atoms with E-state index in [-0.39, 0.29) is 23.9 Å². The molecular weight excluding hydrogens is 282 g/mol. The van der Waals surface area contributed by atoms with Gasteiger partial charge in [-0.05, 0) is 25.2 Å². The van der Waals surface area contributed by atoms with Gasteiger partial charge in [0.1, 0.15) is 0 Å². The zero-order chi connectivity index (χ0) is 15.9. The fraction of sp³-hybridized carbons (Fsp3) is 0.875. The molecule has 1 aliphatic heterocycles. The third kappa shape index (κ3) is 4.60. The van der Waals surface area contributed by atoms with Gasteiger partial charge in [-0.2, -0.15) is 0 Å². The summed E-state index contributed by atoms with van der Waals surface area (Å²) in [5, 5.41) is 5.93. The van der Waals surface area contributed by atoms with E-state index >= 15 is 0 Å². The van der Waals surface area contributed by atoms with Crippen LogP contribution >= 0.6 is 0 Å². The zero-order valence-corrected chi connectivity index (χ0v) is 13.8. The Balaban J connectivity index is 2.07. The molecule has 2 N–H and O–H groups in total. The van der Waals surface area contributed by atoms with Gasteiger partial charge >= 0.3 is 6.03 Å². The highest BCUT2D eigenvalue weighted by molar-refractivity contribution is 5.81. The summed E-state index contributed by atoms with van der Waals surface area (Å²) < 4.78 is 5.49. The fourth-order valence-electron chi connectivity index (χ4n) is 3.25. The number of amides is 3. The summed E-state index contributed by atoms with van der Waals surface area (Å²) in [5.41, 5.74) is 0. The Kier molecular flexibility index (Phi) is 6.49. The van der Waals surface area contributed by atoms with Crippen LogP contribution in [-0.2, 0) is 9.53 Å². The van der Waals surface area contributed by atoms with Gasteiger partial charge in [-0.25, -0.2) is 4.79 Å². The quantitative estimate of drug-likeness (QED) is 0.809. The van der Waals surface area contributed by atoms with E-state index in [4.69, 9.17) is 4.74 Å². The first-order valence-corrected chi connectivity index (χ1v) is 8.49. The van der Waals surface area contributed by atoms with Crippen LogP contribution in [0.3, 0.4) is 0 Å². The van der Waals surface area contributed by atoms with E-state index in [1.807, 2.05) is 4.90 Å². The maximum absolute atomic E-state index is 12.5. The van der Waals surface area contributed by atoms with Crippen molar-refractivity contribution in [3.05, 3.63) is 0 Å². The molecule has 1 aliphatic carbocycles. The minimum Gasteiger partial charge on any atom is -0.380 e. The summed E-state index contributed by atoms with van der Waals surface area (Å²) in [6.45, 7) is 7.19. The Morgan fingerprint density at radius 2 is 2.18 bits per heavy atom. The minimum atomic E-state index is -0.0806. The zero-order valence-electron chi connectivity index (χ0n) is 13.8. The summed E-state index contributed by atoms with van der Waals surface area (Å²) >= 11 is 0. The molecule has 1 saturated carbocycles. The van der Waals surface area contributed by atoms with Crippen LogP contribution in [0.25, 0.3) is 0 Å². The Labute approximate surface area is 132 Å². The molecule has 126 valence electrons. The fourth-order valence-corrected chi connectivity index (χ4v) is 3.25. The second-order valence-electron chi connectivity index (χ2n) is 6.63. The maximum atomic E-state index is 12.5. The Morgan fingerprint density at radius 3 is 2.95 bits per heavy atom. The lowest BCUT2D eigenvalue weighted by atomic mass is 10.0. The number of ether oxygens (including phenoxy) is 1. The van der Waals surface area contributed by atoms with Crippen molar-refractivity contribution < 1.29 is 14.3 Å². The highest BCUT2D eigenvalue weighted by Crippen LogP contribution is 2.30. The molecule has 3 amide bonds. The van der Waals surface area contributed by atoms with Crippen LogP contribution in [0, 0.1) is 11.8 Å². The van der Waals surface area contributed by atoms with Gasteiger partial charge in [-0.3, -0.25) is 4.79 Å². The van der Waals surface area contributed by atoms with Crippen molar-refractivity contribution >= 4 is 11.9 Å². The molecule has 0 unspecified atom stereocenters. The van der Waals surface area contributed by atoms with Crippen molar-refractivity contribution in [2.75, 3.05) is 32.8 Å². The third-order valence-corrected chi connectivity index (χ3v) is 4.37.